The zero-order valence-electron chi connectivity index (χ0n) is 13.1. The molecule has 2 N–H and O–H groups in total. The highest BCUT2D eigenvalue weighted by atomic mass is 16.3. The van der Waals surface area contributed by atoms with Gasteiger partial charge in [0.25, 0.3) is 5.91 Å². The maximum absolute atomic E-state index is 12.4. The van der Waals surface area contributed by atoms with Crippen molar-refractivity contribution in [3.8, 4) is 5.82 Å². The van der Waals surface area contributed by atoms with Gasteiger partial charge >= 0.3 is 0 Å². The first kappa shape index (κ1) is 15.7. The van der Waals surface area contributed by atoms with Gasteiger partial charge in [-0.15, -0.1) is 0 Å². The first-order chi connectivity index (χ1) is 11.2. The number of nitrogens with one attached hydrogen (secondary N) is 1. The monoisotopic (exact) mass is 314 g/mol. The van der Waals surface area contributed by atoms with Gasteiger partial charge in [-0.3, -0.25) is 4.79 Å². The predicted molar refractivity (Wildman–Crippen MR) is 86.3 cm³/mol. The highest BCUT2D eigenvalue weighted by Crippen LogP contribution is 2.26. The van der Waals surface area contributed by atoms with Crippen LogP contribution in [-0.4, -0.2) is 37.9 Å². The van der Waals surface area contributed by atoms with Gasteiger partial charge in [0.2, 0.25) is 0 Å². The van der Waals surface area contributed by atoms with E-state index in [1.165, 1.54) is 0 Å². The zero-order valence-corrected chi connectivity index (χ0v) is 13.1. The van der Waals surface area contributed by atoms with Crippen molar-refractivity contribution in [3.63, 3.8) is 0 Å². The number of carbonyl (C=O) groups excluding carboxylic acids is 1. The molecule has 1 saturated carbocycles. The second kappa shape index (κ2) is 6.91. The van der Waals surface area contributed by atoms with Crippen molar-refractivity contribution in [2.24, 2.45) is 0 Å². The molecule has 1 aliphatic carbocycles. The second-order valence-electron chi connectivity index (χ2n) is 6.17. The van der Waals surface area contributed by atoms with Crippen LogP contribution in [0.2, 0.25) is 0 Å². The number of aromatic nitrogens is 3. The van der Waals surface area contributed by atoms with Crippen molar-refractivity contribution < 1.29 is 9.90 Å². The van der Waals surface area contributed by atoms with Crippen LogP contribution >= 0.6 is 0 Å². The maximum Gasteiger partial charge on any atom is 0.251 e. The van der Waals surface area contributed by atoms with Gasteiger partial charge in [0, 0.05) is 30.7 Å². The number of pyridine rings is 1. The predicted octanol–water partition coefficient (Wildman–Crippen LogP) is 2.08. The van der Waals surface area contributed by atoms with Crippen molar-refractivity contribution in [2.75, 3.05) is 6.54 Å². The fourth-order valence-corrected chi connectivity index (χ4v) is 3.00. The van der Waals surface area contributed by atoms with E-state index < -0.39 is 5.60 Å². The summed E-state index contributed by atoms with van der Waals surface area (Å²) < 4.78 is 1.61. The molecule has 0 aromatic carbocycles. The molecule has 3 rings (SSSR count). The molecule has 0 saturated heterocycles. The van der Waals surface area contributed by atoms with Crippen molar-refractivity contribution in [2.45, 2.75) is 44.1 Å². The Hall–Kier alpha value is -2.21. The third kappa shape index (κ3) is 3.96. The summed E-state index contributed by atoms with van der Waals surface area (Å²) in [6, 6.07) is 5.16. The molecule has 2 aromatic rings. The molecule has 2 heterocycles. The lowest BCUT2D eigenvalue weighted by Gasteiger charge is -2.26. The van der Waals surface area contributed by atoms with Gasteiger partial charge in [-0.25, -0.2) is 9.67 Å². The largest absolute Gasteiger partial charge is 0.388 e. The van der Waals surface area contributed by atoms with Gasteiger partial charge in [0.15, 0.2) is 5.82 Å². The van der Waals surface area contributed by atoms with Crippen LogP contribution in [0.3, 0.4) is 0 Å². The Morgan fingerprint density at radius 3 is 2.74 bits per heavy atom. The summed E-state index contributed by atoms with van der Waals surface area (Å²) in [6.07, 6.45) is 10.9. The van der Waals surface area contributed by atoms with E-state index >= 15 is 0 Å². The summed E-state index contributed by atoms with van der Waals surface area (Å²) in [5.41, 5.74) is -0.257. The minimum Gasteiger partial charge on any atom is -0.388 e. The molecule has 6 heteroatoms. The normalized spacial score (nSPS) is 17.4. The Kier molecular flexibility index (Phi) is 4.71. The summed E-state index contributed by atoms with van der Waals surface area (Å²) in [4.78, 5) is 16.6. The molecular weight excluding hydrogens is 292 g/mol. The zero-order chi connectivity index (χ0) is 16.1. The number of carbonyl (C=O) groups is 1. The van der Waals surface area contributed by atoms with E-state index in [9.17, 15) is 9.90 Å². The minimum absolute atomic E-state index is 0.196. The smallest absolute Gasteiger partial charge is 0.251 e. The number of rotatable bonds is 4. The lowest BCUT2D eigenvalue weighted by atomic mass is 9.94. The summed E-state index contributed by atoms with van der Waals surface area (Å²) in [7, 11) is 0. The number of nitrogens with zero attached hydrogens (tertiary/aromatic N) is 3. The summed E-state index contributed by atoms with van der Waals surface area (Å²) in [5, 5.41) is 17.6. The second-order valence-corrected chi connectivity index (χ2v) is 6.17. The quantitative estimate of drug-likeness (QED) is 0.847. The molecule has 122 valence electrons. The maximum atomic E-state index is 12.4. The molecule has 1 fully saturated rings. The van der Waals surface area contributed by atoms with E-state index in [0.717, 1.165) is 38.5 Å². The van der Waals surface area contributed by atoms with Gasteiger partial charge in [0.05, 0.1) is 5.60 Å². The molecule has 23 heavy (non-hydrogen) atoms. The first-order valence-corrected chi connectivity index (χ1v) is 8.13. The van der Waals surface area contributed by atoms with Crippen LogP contribution in [0.25, 0.3) is 5.82 Å². The van der Waals surface area contributed by atoms with Crippen LogP contribution in [0.4, 0.5) is 0 Å². The van der Waals surface area contributed by atoms with Gasteiger partial charge in [-0.05, 0) is 31.0 Å². The standard InChI is InChI=1S/C17H22N4O2/c22-16(19-13-17(23)7-3-1-2-4-8-17)14-6-10-18-15(12-14)21-11-5-9-20-21/h5-6,9-12,23H,1-4,7-8,13H2,(H,19,22). The highest BCUT2D eigenvalue weighted by Gasteiger charge is 2.28. The van der Waals surface area contributed by atoms with E-state index in [4.69, 9.17) is 0 Å². The summed E-state index contributed by atoms with van der Waals surface area (Å²) in [6.45, 7) is 0.297. The molecule has 0 bridgehead atoms. The number of aliphatic hydroxyl groups is 1. The van der Waals surface area contributed by atoms with Crippen LogP contribution in [-0.2, 0) is 0 Å². The van der Waals surface area contributed by atoms with Gasteiger partial charge in [-0.2, -0.15) is 5.10 Å². The molecule has 0 atom stereocenters. The third-order valence-electron chi connectivity index (χ3n) is 4.36. The Morgan fingerprint density at radius 1 is 1.26 bits per heavy atom. The molecule has 1 aliphatic rings. The van der Waals surface area contributed by atoms with Crippen LogP contribution in [0.1, 0.15) is 48.9 Å². The van der Waals surface area contributed by atoms with E-state index in [1.807, 2.05) is 0 Å². The molecular formula is C17H22N4O2. The van der Waals surface area contributed by atoms with E-state index in [1.54, 1.807) is 41.5 Å². The lowest BCUT2D eigenvalue weighted by molar-refractivity contribution is 0.0246. The van der Waals surface area contributed by atoms with Gasteiger partial charge in [-0.1, -0.05) is 25.7 Å². The molecule has 0 aliphatic heterocycles. The summed E-state index contributed by atoms with van der Waals surface area (Å²) >= 11 is 0. The van der Waals surface area contributed by atoms with Crippen molar-refractivity contribution >= 4 is 5.91 Å². The fourth-order valence-electron chi connectivity index (χ4n) is 3.00. The van der Waals surface area contributed by atoms with Crippen molar-refractivity contribution in [1.29, 1.82) is 0 Å². The SMILES string of the molecule is O=C(NCC1(O)CCCCCC1)c1ccnc(-n2cccn2)c1. The molecule has 0 spiro atoms. The van der Waals surface area contributed by atoms with Gasteiger partial charge in [0.1, 0.15) is 0 Å². The summed E-state index contributed by atoms with van der Waals surface area (Å²) in [5.74, 6) is 0.398. The number of amides is 1. The topological polar surface area (TPSA) is 80.0 Å². The van der Waals surface area contributed by atoms with Crippen LogP contribution in [0, 0.1) is 0 Å². The molecule has 1 amide bonds. The highest BCUT2D eigenvalue weighted by molar-refractivity contribution is 5.94. The molecule has 0 unspecified atom stereocenters. The molecule has 2 aromatic heterocycles. The Balaban J connectivity index is 1.65. The number of hydrogen-bond acceptors (Lipinski definition) is 4. The average molecular weight is 314 g/mol. The van der Waals surface area contributed by atoms with Gasteiger partial charge < -0.3 is 10.4 Å². The van der Waals surface area contributed by atoms with Crippen LogP contribution in [0.5, 0.6) is 0 Å². The fraction of sp³-hybridized carbons (Fsp3) is 0.471. The lowest BCUT2D eigenvalue weighted by Crippen LogP contribution is -2.42. The Morgan fingerprint density at radius 2 is 2.04 bits per heavy atom. The van der Waals surface area contributed by atoms with E-state index in [-0.39, 0.29) is 5.91 Å². The van der Waals surface area contributed by atoms with E-state index in [2.05, 4.69) is 15.4 Å². The Bertz CT molecular complexity index is 646. The average Bonchev–Trinajstić information content (AvgIpc) is 3.02. The van der Waals surface area contributed by atoms with Crippen molar-refractivity contribution in [3.05, 3.63) is 42.4 Å². The molecule has 0 radical (unpaired) electrons. The Labute approximate surface area is 135 Å². The van der Waals surface area contributed by atoms with E-state index in [0.29, 0.717) is 17.9 Å². The minimum atomic E-state index is -0.774. The number of hydrogen-bond donors (Lipinski definition) is 2. The van der Waals surface area contributed by atoms with Crippen molar-refractivity contribution in [1.82, 2.24) is 20.1 Å². The van der Waals surface area contributed by atoms with Crippen LogP contribution in [0.15, 0.2) is 36.8 Å². The first-order valence-electron chi connectivity index (χ1n) is 8.13. The molecule has 6 nitrogen and oxygen atoms in total. The third-order valence-corrected chi connectivity index (χ3v) is 4.36. The van der Waals surface area contributed by atoms with Crippen LogP contribution < -0.4 is 5.32 Å².